The van der Waals surface area contributed by atoms with E-state index >= 15 is 0 Å². The average molecular weight is 415 g/mol. The summed E-state index contributed by atoms with van der Waals surface area (Å²) in [5.41, 5.74) is 1.51. The second-order valence-electron chi connectivity index (χ2n) is 6.30. The zero-order valence-electron chi connectivity index (χ0n) is 16.0. The largest absolute Gasteiger partial charge is 0.452 e. The number of anilines is 1. The molecule has 1 aromatic heterocycles. The molecule has 3 rings (SSSR count). The van der Waals surface area contributed by atoms with Crippen LogP contribution >= 0.6 is 0 Å². The number of amides is 1. The number of carbonyl (C=O) groups excluding carboxylic acids is 2. The van der Waals surface area contributed by atoms with E-state index in [1.807, 2.05) is 30.3 Å². The van der Waals surface area contributed by atoms with Gasteiger partial charge in [-0.2, -0.15) is 13.9 Å². The highest BCUT2D eigenvalue weighted by Gasteiger charge is 2.20. The first-order valence-electron chi connectivity index (χ1n) is 9.05. The summed E-state index contributed by atoms with van der Waals surface area (Å²) < 4.78 is 36.1. The SMILES string of the molecule is CC(OC(=O)Cc1cnn(-c2ccccc2)c1)C(=O)Nc1ccccc1OC(F)F. The van der Waals surface area contributed by atoms with Crippen molar-refractivity contribution in [2.45, 2.75) is 26.1 Å². The summed E-state index contributed by atoms with van der Waals surface area (Å²) in [6, 6.07) is 15.1. The molecule has 1 heterocycles. The van der Waals surface area contributed by atoms with Gasteiger partial charge in [0.1, 0.15) is 5.75 Å². The van der Waals surface area contributed by atoms with Gasteiger partial charge in [-0.3, -0.25) is 9.59 Å². The van der Waals surface area contributed by atoms with Crippen molar-refractivity contribution in [2.75, 3.05) is 5.32 Å². The Hall–Kier alpha value is -3.75. The van der Waals surface area contributed by atoms with Crippen LogP contribution in [0, 0.1) is 0 Å². The lowest BCUT2D eigenvalue weighted by Gasteiger charge is -2.15. The summed E-state index contributed by atoms with van der Waals surface area (Å²) in [5, 5.41) is 6.62. The van der Waals surface area contributed by atoms with Crippen molar-refractivity contribution < 1.29 is 27.8 Å². The van der Waals surface area contributed by atoms with Crippen LogP contribution in [0.1, 0.15) is 12.5 Å². The number of carbonyl (C=O) groups is 2. The van der Waals surface area contributed by atoms with Gasteiger partial charge >= 0.3 is 12.6 Å². The topological polar surface area (TPSA) is 82.5 Å². The summed E-state index contributed by atoms with van der Waals surface area (Å²) in [6.07, 6.45) is 2.02. The Labute approximate surface area is 171 Å². The average Bonchev–Trinajstić information content (AvgIpc) is 3.18. The van der Waals surface area contributed by atoms with Crippen LogP contribution in [0.4, 0.5) is 14.5 Å². The molecule has 3 aromatic rings. The van der Waals surface area contributed by atoms with E-state index in [-0.39, 0.29) is 17.9 Å². The number of rotatable bonds is 8. The summed E-state index contributed by atoms with van der Waals surface area (Å²) in [4.78, 5) is 24.5. The molecule has 0 saturated heterocycles. The van der Waals surface area contributed by atoms with Gasteiger partial charge in [0.15, 0.2) is 6.10 Å². The van der Waals surface area contributed by atoms with Crippen LogP contribution in [0.3, 0.4) is 0 Å². The van der Waals surface area contributed by atoms with E-state index in [0.29, 0.717) is 5.56 Å². The van der Waals surface area contributed by atoms with Gasteiger partial charge in [-0.25, -0.2) is 4.68 Å². The Kier molecular flexibility index (Phi) is 6.74. The van der Waals surface area contributed by atoms with Crippen molar-refractivity contribution in [3.8, 4) is 11.4 Å². The van der Waals surface area contributed by atoms with Crippen molar-refractivity contribution in [2.24, 2.45) is 0 Å². The van der Waals surface area contributed by atoms with E-state index in [1.165, 1.54) is 31.3 Å². The fraction of sp³-hybridized carbons (Fsp3) is 0.190. The Balaban J connectivity index is 1.56. The second kappa shape index (κ2) is 9.64. The predicted octanol–water partition coefficient (Wildman–Crippen LogP) is 3.59. The molecule has 1 N–H and O–H groups in total. The molecular weight excluding hydrogens is 396 g/mol. The van der Waals surface area contributed by atoms with Gasteiger partial charge in [0.05, 0.1) is 24.0 Å². The molecule has 1 unspecified atom stereocenters. The van der Waals surface area contributed by atoms with Crippen molar-refractivity contribution in [1.82, 2.24) is 9.78 Å². The molecule has 0 radical (unpaired) electrons. The zero-order valence-corrected chi connectivity index (χ0v) is 16.0. The number of alkyl halides is 2. The maximum absolute atomic E-state index is 12.5. The molecule has 1 atom stereocenters. The molecule has 0 aliphatic carbocycles. The molecular formula is C21H19F2N3O4. The molecule has 2 aromatic carbocycles. The molecule has 30 heavy (non-hydrogen) atoms. The second-order valence-corrected chi connectivity index (χ2v) is 6.30. The van der Waals surface area contributed by atoms with Crippen LogP contribution < -0.4 is 10.1 Å². The molecule has 156 valence electrons. The molecule has 0 bridgehead atoms. The maximum atomic E-state index is 12.5. The lowest BCUT2D eigenvalue weighted by molar-refractivity contribution is -0.152. The highest BCUT2D eigenvalue weighted by Crippen LogP contribution is 2.25. The van der Waals surface area contributed by atoms with Gasteiger partial charge in [-0.05, 0) is 31.2 Å². The van der Waals surface area contributed by atoms with Gasteiger partial charge < -0.3 is 14.8 Å². The molecule has 0 spiro atoms. The Morgan fingerprint density at radius 3 is 2.53 bits per heavy atom. The number of benzene rings is 2. The molecule has 1 amide bonds. The Morgan fingerprint density at radius 1 is 1.10 bits per heavy atom. The summed E-state index contributed by atoms with van der Waals surface area (Å²) in [6.45, 7) is -1.65. The highest BCUT2D eigenvalue weighted by molar-refractivity contribution is 5.96. The number of hydrogen-bond donors (Lipinski definition) is 1. The number of nitrogens with one attached hydrogen (secondary N) is 1. The summed E-state index contributed by atoms with van der Waals surface area (Å²) in [5.74, 6) is -1.48. The van der Waals surface area contributed by atoms with Crippen LogP contribution in [0.15, 0.2) is 67.0 Å². The fourth-order valence-corrected chi connectivity index (χ4v) is 2.64. The first-order chi connectivity index (χ1) is 14.4. The minimum atomic E-state index is -3.03. The number of nitrogens with zero attached hydrogens (tertiary/aromatic N) is 2. The Morgan fingerprint density at radius 2 is 1.80 bits per heavy atom. The van der Waals surface area contributed by atoms with Crippen LogP contribution in [-0.2, 0) is 20.7 Å². The third-order valence-corrected chi connectivity index (χ3v) is 4.04. The van der Waals surface area contributed by atoms with E-state index in [1.54, 1.807) is 16.9 Å². The van der Waals surface area contributed by atoms with Crippen LogP contribution in [-0.4, -0.2) is 34.4 Å². The van der Waals surface area contributed by atoms with Crippen molar-refractivity contribution in [3.63, 3.8) is 0 Å². The summed E-state index contributed by atoms with van der Waals surface area (Å²) in [7, 11) is 0. The lowest BCUT2D eigenvalue weighted by Crippen LogP contribution is -2.30. The molecule has 0 saturated carbocycles. The molecule has 0 aliphatic rings. The molecule has 7 nitrogen and oxygen atoms in total. The van der Waals surface area contributed by atoms with Gasteiger partial charge in [0.2, 0.25) is 0 Å². The number of aromatic nitrogens is 2. The van der Waals surface area contributed by atoms with Gasteiger partial charge in [0.25, 0.3) is 5.91 Å². The number of esters is 1. The van der Waals surface area contributed by atoms with Crippen molar-refractivity contribution in [1.29, 1.82) is 0 Å². The third-order valence-electron chi connectivity index (χ3n) is 4.04. The third kappa shape index (κ3) is 5.63. The minimum absolute atomic E-state index is 0.0508. The maximum Gasteiger partial charge on any atom is 0.387 e. The first-order valence-corrected chi connectivity index (χ1v) is 9.05. The van der Waals surface area contributed by atoms with E-state index in [0.717, 1.165) is 5.69 Å². The van der Waals surface area contributed by atoms with E-state index in [4.69, 9.17) is 4.74 Å². The molecule has 0 fully saturated rings. The number of hydrogen-bond acceptors (Lipinski definition) is 5. The quantitative estimate of drug-likeness (QED) is 0.569. The summed E-state index contributed by atoms with van der Waals surface area (Å²) >= 11 is 0. The highest BCUT2D eigenvalue weighted by atomic mass is 19.3. The van der Waals surface area contributed by atoms with Crippen LogP contribution in [0.2, 0.25) is 0 Å². The number of halogens is 2. The smallest absolute Gasteiger partial charge is 0.387 e. The minimum Gasteiger partial charge on any atom is -0.452 e. The normalized spacial score (nSPS) is 11.7. The van der Waals surface area contributed by atoms with E-state index in [2.05, 4.69) is 15.2 Å². The molecule has 0 aliphatic heterocycles. The molecule has 9 heteroatoms. The number of para-hydroxylation sites is 3. The van der Waals surface area contributed by atoms with E-state index in [9.17, 15) is 18.4 Å². The zero-order chi connectivity index (χ0) is 21.5. The van der Waals surface area contributed by atoms with Crippen molar-refractivity contribution in [3.05, 3.63) is 72.6 Å². The predicted molar refractivity (Wildman–Crippen MR) is 105 cm³/mol. The Bertz CT molecular complexity index is 1010. The van der Waals surface area contributed by atoms with E-state index < -0.39 is 24.6 Å². The fourth-order valence-electron chi connectivity index (χ4n) is 2.64. The van der Waals surface area contributed by atoms with Gasteiger partial charge in [-0.15, -0.1) is 0 Å². The number of ether oxygens (including phenoxy) is 2. The van der Waals surface area contributed by atoms with Crippen LogP contribution in [0.25, 0.3) is 5.69 Å². The van der Waals surface area contributed by atoms with Crippen molar-refractivity contribution >= 4 is 17.6 Å². The lowest BCUT2D eigenvalue weighted by atomic mass is 10.2. The standard InChI is InChI=1S/C21H19F2N3O4/c1-14(20(28)25-17-9-5-6-10-18(17)30-21(22)23)29-19(27)11-15-12-24-26(13-15)16-7-3-2-4-8-16/h2-10,12-14,21H,11H2,1H3,(H,25,28). The van der Waals surface area contributed by atoms with Gasteiger partial charge in [0, 0.05) is 11.8 Å². The first kappa shape index (κ1) is 21.0. The van der Waals surface area contributed by atoms with Crippen LogP contribution in [0.5, 0.6) is 5.75 Å². The van der Waals surface area contributed by atoms with Gasteiger partial charge in [-0.1, -0.05) is 30.3 Å². The monoisotopic (exact) mass is 415 g/mol.